The summed E-state index contributed by atoms with van der Waals surface area (Å²) in [6.45, 7) is 5.90. The Balaban J connectivity index is 1.76. The number of nitrogens with zero attached hydrogens (tertiary/aromatic N) is 3. The van der Waals surface area contributed by atoms with E-state index in [4.69, 9.17) is 5.73 Å². The van der Waals surface area contributed by atoms with Crippen molar-refractivity contribution in [3.8, 4) is 6.07 Å². The van der Waals surface area contributed by atoms with Gasteiger partial charge in [-0.15, -0.1) is 11.3 Å². The molecule has 0 radical (unpaired) electrons. The van der Waals surface area contributed by atoms with Gasteiger partial charge in [-0.1, -0.05) is 23.9 Å². The van der Waals surface area contributed by atoms with E-state index in [1.54, 1.807) is 19.1 Å². The Bertz CT molecular complexity index is 1210. The van der Waals surface area contributed by atoms with Crippen molar-refractivity contribution in [3.63, 3.8) is 0 Å². The van der Waals surface area contributed by atoms with Crippen molar-refractivity contribution in [2.24, 2.45) is 5.73 Å². The molecule has 3 aromatic rings. The maximum Gasteiger partial charge on any atom is 0.235 e. The number of halogens is 1. The second kappa shape index (κ2) is 9.97. The number of aromatic nitrogens is 2. The van der Waals surface area contributed by atoms with Crippen LogP contribution in [-0.4, -0.2) is 27.1 Å². The van der Waals surface area contributed by atoms with Crippen LogP contribution in [0.4, 0.5) is 10.2 Å². The van der Waals surface area contributed by atoms with E-state index in [1.165, 1.54) is 35.2 Å². The van der Waals surface area contributed by atoms with Gasteiger partial charge in [0.1, 0.15) is 17.7 Å². The highest BCUT2D eigenvalue weighted by Gasteiger charge is 2.20. The molecule has 2 heterocycles. The second-order valence-electron chi connectivity index (χ2n) is 7.23. The fourth-order valence-corrected chi connectivity index (χ4v) is 5.22. The molecule has 1 aromatic carbocycles. The summed E-state index contributed by atoms with van der Waals surface area (Å²) in [5.74, 6) is -0.527. The number of thioether (sulfide) groups is 1. The lowest BCUT2D eigenvalue weighted by Gasteiger charge is -2.13. The molecule has 32 heavy (non-hydrogen) atoms. The number of primary amides is 1. The van der Waals surface area contributed by atoms with Crippen molar-refractivity contribution >= 4 is 40.7 Å². The van der Waals surface area contributed by atoms with Gasteiger partial charge in [0.05, 0.1) is 23.4 Å². The molecule has 0 aliphatic carbocycles. The van der Waals surface area contributed by atoms with Gasteiger partial charge in [0.15, 0.2) is 4.34 Å². The van der Waals surface area contributed by atoms with Gasteiger partial charge in [0.25, 0.3) is 0 Å². The Morgan fingerprint density at radius 1 is 1.28 bits per heavy atom. The van der Waals surface area contributed by atoms with Crippen molar-refractivity contribution in [2.75, 3.05) is 11.1 Å². The van der Waals surface area contributed by atoms with Gasteiger partial charge in [0.2, 0.25) is 11.8 Å². The van der Waals surface area contributed by atoms with Gasteiger partial charge in [-0.3, -0.25) is 9.59 Å². The molecule has 2 aromatic heterocycles. The predicted molar refractivity (Wildman–Crippen MR) is 123 cm³/mol. The van der Waals surface area contributed by atoms with E-state index in [-0.39, 0.29) is 23.9 Å². The molecule has 0 fully saturated rings. The number of amides is 2. The van der Waals surface area contributed by atoms with Crippen LogP contribution in [0.5, 0.6) is 0 Å². The van der Waals surface area contributed by atoms with Gasteiger partial charge in [-0.25, -0.2) is 9.37 Å². The number of hydrogen-bond acceptors (Lipinski definition) is 6. The van der Waals surface area contributed by atoms with Crippen LogP contribution in [0.3, 0.4) is 0 Å². The van der Waals surface area contributed by atoms with Crippen molar-refractivity contribution < 1.29 is 14.0 Å². The van der Waals surface area contributed by atoms with Gasteiger partial charge >= 0.3 is 0 Å². The van der Waals surface area contributed by atoms with Crippen molar-refractivity contribution in [2.45, 2.75) is 38.1 Å². The lowest BCUT2D eigenvalue weighted by molar-refractivity contribution is -0.117. The lowest BCUT2D eigenvalue weighted by Crippen LogP contribution is -2.18. The molecule has 166 valence electrons. The van der Waals surface area contributed by atoms with E-state index >= 15 is 0 Å². The molecule has 0 saturated carbocycles. The highest BCUT2D eigenvalue weighted by molar-refractivity contribution is 8.01. The van der Waals surface area contributed by atoms with Crippen molar-refractivity contribution in [1.29, 1.82) is 5.26 Å². The third-order valence-corrected chi connectivity index (χ3v) is 7.29. The number of anilines is 1. The number of carbonyl (C=O) groups excluding carboxylic acids is 2. The van der Waals surface area contributed by atoms with Gasteiger partial charge in [-0.2, -0.15) is 5.26 Å². The number of aryl methyl sites for hydroxylation is 1. The third-order valence-electron chi connectivity index (χ3n) is 4.99. The molecule has 2 amide bonds. The summed E-state index contributed by atoms with van der Waals surface area (Å²) in [5.41, 5.74) is 8.85. The average Bonchev–Trinajstić information content (AvgIpc) is 3.19. The molecule has 0 unspecified atom stereocenters. The zero-order valence-electron chi connectivity index (χ0n) is 17.9. The zero-order chi connectivity index (χ0) is 23.4. The van der Waals surface area contributed by atoms with E-state index in [0.717, 1.165) is 27.4 Å². The van der Waals surface area contributed by atoms with Gasteiger partial charge in [-0.05, 0) is 44.0 Å². The Kier molecular flexibility index (Phi) is 7.33. The highest BCUT2D eigenvalue weighted by atomic mass is 32.2. The third kappa shape index (κ3) is 5.36. The molecule has 10 heteroatoms. The lowest BCUT2D eigenvalue weighted by atomic mass is 10.2. The summed E-state index contributed by atoms with van der Waals surface area (Å²) in [7, 11) is 0. The quantitative estimate of drug-likeness (QED) is 0.487. The maximum atomic E-state index is 13.3. The molecule has 3 rings (SSSR count). The number of carbonyl (C=O) groups is 2. The monoisotopic (exact) mass is 471 g/mol. The first-order chi connectivity index (χ1) is 15.2. The smallest absolute Gasteiger partial charge is 0.235 e. The van der Waals surface area contributed by atoms with Crippen LogP contribution in [-0.2, 0) is 22.6 Å². The van der Waals surface area contributed by atoms with Crippen LogP contribution >= 0.6 is 23.1 Å². The highest BCUT2D eigenvalue weighted by Crippen LogP contribution is 2.30. The van der Waals surface area contributed by atoms with E-state index in [2.05, 4.69) is 16.4 Å². The SMILES string of the molecule is Cc1nc(SCC(=O)Nc2c(C#N)c(C)c(C)n2Cc2ccc(F)cc2)sc1CC(N)=O. The summed E-state index contributed by atoms with van der Waals surface area (Å²) >= 11 is 2.59. The largest absolute Gasteiger partial charge is 0.369 e. The number of nitrogens with two attached hydrogens (primary N) is 1. The normalized spacial score (nSPS) is 10.7. The number of thiazole rings is 1. The number of rotatable bonds is 8. The molecular weight excluding hydrogens is 449 g/mol. The Labute approximate surface area is 193 Å². The molecule has 0 bridgehead atoms. The van der Waals surface area contributed by atoms with Crippen molar-refractivity contribution in [3.05, 3.63) is 63.0 Å². The van der Waals surface area contributed by atoms with E-state index in [0.29, 0.717) is 22.3 Å². The van der Waals surface area contributed by atoms with Crippen molar-refractivity contribution in [1.82, 2.24) is 9.55 Å². The second-order valence-corrected chi connectivity index (χ2v) is 9.53. The van der Waals surface area contributed by atoms with E-state index < -0.39 is 5.91 Å². The first-order valence-corrected chi connectivity index (χ1v) is 11.5. The molecule has 3 N–H and O–H groups in total. The molecule has 0 aliphatic heterocycles. The van der Waals surface area contributed by atoms with Crippen LogP contribution in [0.2, 0.25) is 0 Å². The molecular formula is C22H22FN5O2S2. The standard InChI is InChI=1S/C22H22FN5O2S2/c1-12-14(3)28(10-15-4-6-16(23)7-5-15)21(17(12)9-24)27-20(30)11-31-22-26-13(2)18(32-22)8-19(25)29/h4-7H,8,10-11H2,1-3H3,(H2,25,29)(H,27,30). The summed E-state index contributed by atoms with van der Waals surface area (Å²) in [6, 6.07) is 8.27. The summed E-state index contributed by atoms with van der Waals surface area (Å²) in [5, 5.41) is 12.5. The van der Waals surface area contributed by atoms with E-state index in [1.807, 2.05) is 18.4 Å². The Morgan fingerprint density at radius 2 is 1.97 bits per heavy atom. The molecule has 0 spiro atoms. The minimum atomic E-state index is -0.428. The van der Waals surface area contributed by atoms with E-state index in [9.17, 15) is 19.2 Å². The minimum absolute atomic E-state index is 0.0909. The van der Waals surface area contributed by atoms with Gasteiger partial charge < -0.3 is 15.6 Å². The molecule has 0 aliphatic rings. The topological polar surface area (TPSA) is 114 Å². The first-order valence-electron chi connectivity index (χ1n) is 9.71. The molecule has 0 saturated heterocycles. The summed E-state index contributed by atoms with van der Waals surface area (Å²) in [4.78, 5) is 29.0. The number of nitriles is 1. The Hall–Kier alpha value is -3.16. The summed E-state index contributed by atoms with van der Waals surface area (Å²) in [6.07, 6.45) is 0.122. The first kappa shape index (κ1) is 23.5. The maximum absolute atomic E-state index is 13.3. The summed E-state index contributed by atoms with van der Waals surface area (Å²) < 4.78 is 15.8. The zero-order valence-corrected chi connectivity index (χ0v) is 19.5. The molecule has 7 nitrogen and oxygen atoms in total. The van der Waals surface area contributed by atoms with Gasteiger partial charge in [0, 0.05) is 17.1 Å². The van der Waals surface area contributed by atoms with Crippen LogP contribution in [0.1, 0.15) is 33.0 Å². The van der Waals surface area contributed by atoms with Crippen LogP contribution in [0, 0.1) is 37.9 Å². The predicted octanol–water partition coefficient (Wildman–Crippen LogP) is 3.69. The number of hydrogen-bond donors (Lipinski definition) is 2. The molecule has 0 atom stereocenters. The number of benzene rings is 1. The fraction of sp³-hybridized carbons (Fsp3) is 0.273. The Morgan fingerprint density at radius 3 is 2.59 bits per heavy atom. The number of nitrogens with one attached hydrogen (secondary N) is 1. The van der Waals surface area contributed by atoms with Crippen LogP contribution < -0.4 is 11.1 Å². The minimum Gasteiger partial charge on any atom is -0.369 e. The fourth-order valence-electron chi connectivity index (χ4n) is 3.18. The van der Waals surface area contributed by atoms with Crippen LogP contribution in [0.25, 0.3) is 0 Å². The van der Waals surface area contributed by atoms with Crippen LogP contribution in [0.15, 0.2) is 28.6 Å². The average molecular weight is 472 g/mol.